The number of aliphatic hydroxyl groups excluding tert-OH is 1. The van der Waals surface area contributed by atoms with Gasteiger partial charge in [0.05, 0.1) is 0 Å². The van der Waals surface area contributed by atoms with Crippen LogP contribution < -0.4 is 0 Å². The average Bonchev–Trinajstić information content (AvgIpc) is 2.14. The Bertz CT molecular complexity index is 355. The van der Waals surface area contributed by atoms with Crippen LogP contribution in [0.2, 0.25) is 10.0 Å². The first-order chi connectivity index (χ1) is 7.34. The van der Waals surface area contributed by atoms with E-state index >= 15 is 0 Å². The Morgan fingerprint density at radius 1 is 1.25 bits per heavy atom. The summed E-state index contributed by atoms with van der Waals surface area (Å²) in [5.74, 6) is 0.200. The van der Waals surface area contributed by atoms with E-state index in [1.807, 2.05) is 12.1 Å². The van der Waals surface area contributed by atoms with E-state index in [1.165, 1.54) is 0 Å². The van der Waals surface area contributed by atoms with Gasteiger partial charge in [-0.15, -0.1) is 0 Å². The maximum absolute atomic E-state index is 9.40. The first-order valence-corrected chi connectivity index (χ1v) is 6.15. The van der Waals surface area contributed by atoms with E-state index in [-0.39, 0.29) is 17.9 Å². The monoisotopic (exact) mass is 260 g/mol. The molecule has 0 radical (unpaired) electrons. The zero-order valence-corrected chi connectivity index (χ0v) is 11.4. The lowest BCUT2D eigenvalue weighted by atomic mass is 9.78. The lowest BCUT2D eigenvalue weighted by molar-refractivity contribution is 0.131. The lowest BCUT2D eigenvalue weighted by Gasteiger charge is -2.29. The molecule has 1 aromatic rings. The van der Waals surface area contributed by atoms with Gasteiger partial charge in [0.2, 0.25) is 0 Å². The van der Waals surface area contributed by atoms with Crippen LogP contribution in [-0.4, -0.2) is 11.7 Å². The molecule has 1 rings (SSSR count). The van der Waals surface area contributed by atoms with E-state index in [1.54, 1.807) is 6.07 Å². The molecule has 0 amide bonds. The number of rotatable bonds is 3. The molecule has 3 heteroatoms. The summed E-state index contributed by atoms with van der Waals surface area (Å²) in [6.45, 7) is 6.54. The summed E-state index contributed by atoms with van der Waals surface area (Å²) < 4.78 is 0. The molecule has 0 aliphatic carbocycles. The summed E-state index contributed by atoms with van der Waals surface area (Å²) in [7, 11) is 0. The molecule has 0 heterocycles. The normalized spacial score (nSPS) is 13.9. The van der Waals surface area contributed by atoms with Crippen LogP contribution in [0.3, 0.4) is 0 Å². The molecule has 0 saturated carbocycles. The summed E-state index contributed by atoms with van der Waals surface area (Å²) in [5, 5.41) is 10.7. The molecule has 1 aromatic carbocycles. The fourth-order valence-corrected chi connectivity index (χ4v) is 2.08. The Kier molecular flexibility index (Phi) is 4.66. The minimum atomic E-state index is 0.0672. The summed E-state index contributed by atoms with van der Waals surface area (Å²) in [6, 6.07) is 5.51. The Morgan fingerprint density at radius 3 is 2.31 bits per heavy atom. The van der Waals surface area contributed by atoms with Gasteiger partial charge >= 0.3 is 0 Å². The number of halogens is 2. The fraction of sp³-hybridized carbons (Fsp3) is 0.538. The van der Waals surface area contributed by atoms with E-state index < -0.39 is 0 Å². The lowest BCUT2D eigenvalue weighted by Crippen LogP contribution is -2.26. The van der Waals surface area contributed by atoms with Gasteiger partial charge in [-0.2, -0.15) is 0 Å². The van der Waals surface area contributed by atoms with Crippen molar-refractivity contribution >= 4 is 23.2 Å². The van der Waals surface area contributed by atoms with Crippen LogP contribution in [0.5, 0.6) is 0 Å². The van der Waals surface area contributed by atoms with Gasteiger partial charge in [-0.05, 0) is 35.4 Å². The maximum atomic E-state index is 9.40. The quantitative estimate of drug-likeness (QED) is 0.864. The topological polar surface area (TPSA) is 20.2 Å². The van der Waals surface area contributed by atoms with Crippen molar-refractivity contribution in [1.82, 2.24) is 0 Å². The van der Waals surface area contributed by atoms with Crippen LogP contribution in [0.1, 0.15) is 26.3 Å². The largest absolute Gasteiger partial charge is 0.396 e. The first-order valence-electron chi connectivity index (χ1n) is 5.39. The zero-order chi connectivity index (χ0) is 12.3. The van der Waals surface area contributed by atoms with Crippen molar-refractivity contribution in [2.45, 2.75) is 27.2 Å². The number of aliphatic hydroxyl groups is 1. The predicted molar refractivity (Wildman–Crippen MR) is 70.2 cm³/mol. The van der Waals surface area contributed by atoms with Gasteiger partial charge < -0.3 is 5.11 Å². The Labute approximate surface area is 107 Å². The molecule has 0 saturated heterocycles. The molecule has 0 fully saturated rings. The molecule has 1 unspecified atom stereocenters. The smallest absolute Gasteiger partial charge is 0.0467 e. The van der Waals surface area contributed by atoms with E-state index in [0.717, 1.165) is 12.0 Å². The highest BCUT2D eigenvalue weighted by Gasteiger charge is 2.24. The molecule has 0 spiro atoms. The minimum absolute atomic E-state index is 0.0672. The second kappa shape index (κ2) is 5.39. The minimum Gasteiger partial charge on any atom is -0.396 e. The average molecular weight is 261 g/mol. The summed E-state index contributed by atoms with van der Waals surface area (Å²) in [5.41, 5.74) is 1.11. The molecular weight excluding hydrogens is 243 g/mol. The summed E-state index contributed by atoms with van der Waals surface area (Å²) in [4.78, 5) is 0. The number of hydrogen-bond donors (Lipinski definition) is 1. The van der Waals surface area contributed by atoms with Crippen LogP contribution in [0.25, 0.3) is 0 Å². The third-order valence-electron chi connectivity index (χ3n) is 2.93. The molecule has 1 atom stereocenters. The fourth-order valence-electron chi connectivity index (χ4n) is 1.60. The molecule has 0 bridgehead atoms. The number of benzene rings is 1. The molecule has 0 aliphatic rings. The Balaban J connectivity index is 2.86. The zero-order valence-electron chi connectivity index (χ0n) is 9.93. The van der Waals surface area contributed by atoms with E-state index in [0.29, 0.717) is 10.0 Å². The Morgan fingerprint density at radius 2 is 1.88 bits per heavy atom. The maximum Gasteiger partial charge on any atom is 0.0467 e. The van der Waals surface area contributed by atoms with Gasteiger partial charge in [0, 0.05) is 16.7 Å². The van der Waals surface area contributed by atoms with Gasteiger partial charge in [0.15, 0.2) is 0 Å². The van der Waals surface area contributed by atoms with E-state index in [9.17, 15) is 5.11 Å². The molecule has 0 aliphatic heterocycles. The summed E-state index contributed by atoms with van der Waals surface area (Å²) in [6.07, 6.45) is 0.774. The molecule has 16 heavy (non-hydrogen) atoms. The van der Waals surface area contributed by atoms with Crippen molar-refractivity contribution in [3.05, 3.63) is 33.8 Å². The standard InChI is InChI=1S/C13H18Cl2O/c1-13(2,3)10(8-16)6-9-4-5-11(14)7-12(9)15/h4-5,7,10,16H,6,8H2,1-3H3. The van der Waals surface area contributed by atoms with Crippen molar-refractivity contribution in [2.24, 2.45) is 11.3 Å². The Hall–Kier alpha value is -0.240. The van der Waals surface area contributed by atoms with Gasteiger partial charge in [-0.1, -0.05) is 50.0 Å². The van der Waals surface area contributed by atoms with Crippen molar-refractivity contribution < 1.29 is 5.11 Å². The van der Waals surface area contributed by atoms with Gasteiger partial charge in [-0.25, -0.2) is 0 Å². The SMILES string of the molecule is CC(C)(C)C(CO)Cc1ccc(Cl)cc1Cl. The van der Waals surface area contributed by atoms with E-state index in [4.69, 9.17) is 23.2 Å². The van der Waals surface area contributed by atoms with E-state index in [2.05, 4.69) is 20.8 Å². The van der Waals surface area contributed by atoms with Crippen LogP contribution in [0.15, 0.2) is 18.2 Å². The number of hydrogen-bond acceptors (Lipinski definition) is 1. The highest BCUT2D eigenvalue weighted by molar-refractivity contribution is 6.35. The molecule has 1 N–H and O–H groups in total. The van der Waals surface area contributed by atoms with Crippen LogP contribution in [-0.2, 0) is 6.42 Å². The summed E-state index contributed by atoms with van der Waals surface area (Å²) >= 11 is 12.0. The third kappa shape index (κ3) is 3.65. The van der Waals surface area contributed by atoms with Crippen molar-refractivity contribution in [1.29, 1.82) is 0 Å². The van der Waals surface area contributed by atoms with Crippen molar-refractivity contribution in [3.63, 3.8) is 0 Å². The van der Waals surface area contributed by atoms with Crippen LogP contribution in [0, 0.1) is 11.3 Å². The highest BCUT2D eigenvalue weighted by atomic mass is 35.5. The van der Waals surface area contributed by atoms with Crippen LogP contribution in [0.4, 0.5) is 0 Å². The molecular formula is C13H18Cl2O. The highest BCUT2D eigenvalue weighted by Crippen LogP contribution is 2.31. The second-order valence-electron chi connectivity index (χ2n) is 5.19. The molecule has 90 valence electrons. The van der Waals surface area contributed by atoms with Crippen molar-refractivity contribution in [3.8, 4) is 0 Å². The van der Waals surface area contributed by atoms with Crippen molar-refractivity contribution in [2.75, 3.05) is 6.61 Å². The third-order valence-corrected chi connectivity index (χ3v) is 3.51. The van der Waals surface area contributed by atoms with Gasteiger partial charge in [0.1, 0.15) is 0 Å². The second-order valence-corrected chi connectivity index (χ2v) is 6.03. The van der Waals surface area contributed by atoms with Gasteiger partial charge in [0.25, 0.3) is 0 Å². The first kappa shape index (κ1) is 13.8. The van der Waals surface area contributed by atoms with Gasteiger partial charge in [-0.3, -0.25) is 0 Å². The predicted octanol–water partition coefficient (Wildman–Crippen LogP) is 4.19. The van der Waals surface area contributed by atoms with Crippen LogP contribution >= 0.6 is 23.2 Å². The molecule has 0 aromatic heterocycles. The molecule has 1 nitrogen and oxygen atoms in total.